The first-order valence-corrected chi connectivity index (χ1v) is 6.87. The Kier molecular flexibility index (Phi) is 6.67. The van der Waals surface area contributed by atoms with E-state index in [-0.39, 0.29) is 11.9 Å². The molecule has 1 unspecified atom stereocenters. The number of carbonyl (C=O) groups excluding carboxylic acids is 1. The third-order valence-electron chi connectivity index (χ3n) is 2.95. The van der Waals surface area contributed by atoms with Crippen LogP contribution >= 0.6 is 11.6 Å². The second kappa shape index (κ2) is 8.02. The van der Waals surface area contributed by atoms with Crippen LogP contribution in [0.1, 0.15) is 13.3 Å². The van der Waals surface area contributed by atoms with Gasteiger partial charge in [0.05, 0.1) is 0 Å². The largest absolute Gasteiger partial charge is 0.387 e. The highest BCUT2D eigenvalue weighted by Gasteiger charge is 2.24. The van der Waals surface area contributed by atoms with Crippen molar-refractivity contribution >= 4 is 17.5 Å². The molecular formula is C14H22ClN3O. The minimum Gasteiger partial charge on any atom is -0.387 e. The van der Waals surface area contributed by atoms with E-state index in [0.29, 0.717) is 11.6 Å². The van der Waals surface area contributed by atoms with Gasteiger partial charge in [-0.3, -0.25) is 9.69 Å². The quantitative estimate of drug-likeness (QED) is 0.806. The molecule has 1 aliphatic rings. The molecular weight excluding hydrogens is 262 g/mol. The second-order valence-corrected chi connectivity index (χ2v) is 4.91. The summed E-state index contributed by atoms with van der Waals surface area (Å²) in [5.41, 5.74) is 0.904. The minimum absolute atomic E-state index is 0.0191. The molecule has 1 atom stereocenters. The van der Waals surface area contributed by atoms with Crippen LogP contribution in [0.2, 0.25) is 0 Å². The number of likely N-dealkylation sites (N-methyl/N-ethyl adjacent to an activating group) is 2. The van der Waals surface area contributed by atoms with Gasteiger partial charge in [0.2, 0.25) is 5.91 Å². The molecule has 0 spiro atoms. The highest BCUT2D eigenvalue weighted by Crippen LogP contribution is 2.15. The van der Waals surface area contributed by atoms with Gasteiger partial charge in [-0.15, -0.1) is 0 Å². The van der Waals surface area contributed by atoms with Crippen LogP contribution in [0.4, 0.5) is 0 Å². The van der Waals surface area contributed by atoms with Crippen molar-refractivity contribution in [2.45, 2.75) is 19.4 Å². The van der Waals surface area contributed by atoms with Crippen LogP contribution in [0.5, 0.6) is 0 Å². The first-order valence-electron chi connectivity index (χ1n) is 6.49. The van der Waals surface area contributed by atoms with Crippen molar-refractivity contribution in [1.82, 2.24) is 15.5 Å². The number of halogens is 1. The zero-order valence-corrected chi connectivity index (χ0v) is 12.5. The molecule has 0 saturated heterocycles. The Hall–Kier alpha value is -1.26. The average molecular weight is 284 g/mol. The van der Waals surface area contributed by atoms with Gasteiger partial charge in [-0.05, 0) is 37.7 Å². The van der Waals surface area contributed by atoms with E-state index in [4.69, 9.17) is 11.6 Å². The monoisotopic (exact) mass is 283 g/mol. The molecule has 106 valence electrons. The third-order valence-corrected chi connectivity index (χ3v) is 3.23. The molecule has 19 heavy (non-hydrogen) atoms. The van der Waals surface area contributed by atoms with E-state index in [1.54, 1.807) is 7.05 Å². The Morgan fingerprint density at radius 3 is 2.95 bits per heavy atom. The molecule has 0 radical (unpaired) electrons. The average Bonchev–Trinajstić information content (AvgIpc) is 2.37. The van der Waals surface area contributed by atoms with Crippen molar-refractivity contribution in [3.05, 3.63) is 35.0 Å². The van der Waals surface area contributed by atoms with Gasteiger partial charge in [0, 0.05) is 24.8 Å². The number of nitrogens with one attached hydrogen (secondary N) is 2. The van der Waals surface area contributed by atoms with Crippen LogP contribution in [-0.2, 0) is 4.79 Å². The lowest BCUT2D eigenvalue weighted by Gasteiger charge is -2.27. The first kappa shape index (κ1) is 15.8. The predicted molar refractivity (Wildman–Crippen MR) is 79.9 cm³/mol. The molecule has 0 bridgehead atoms. The van der Waals surface area contributed by atoms with Crippen LogP contribution in [0.25, 0.3) is 0 Å². The molecule has 0 aromatic rings. The van der Waals surface area contributed by atoms with E-state index in [2.05, 4.69) is 17.6 Å². The summed E-state index contributed by atoms with van der Waals surface area (Å²) in [6, 6.07) is -0.309. The second-order valence-electron chi connectivity index (χ2n) is 4.47. The van der Waals surface area contributed by atoms with E-state index < -0.39 is 0 Å². The number of amides is 1. The Balaban J connectivity index is 2.99. The smallest absolute Gasteiger partial charge is 0.241 e. The van der Waals surface area contributed by atoms with Gasteiger partial charge < -0.3 is 10.6 Å². The number of carbonyl (C=O) groups is 1. The normalized spacial score (nSPS) is 16.9. The Morgan fingerprint density at radius 2 is 2.32 bits per heavy atom. The molecule has 1 aliphatic heterocycles. The van der Waals surface area contributed by atoms with Gasteiger partial charge in [-0.1, -0.05) is 24.6 Å². The van der Waals surface area contributed by atoms with E-state index >= 15 is 0 Å². The fraction of sp³-hybridized carbons (Fsp3) is 0.500. The first-order chi connectivity index (χ1) is 9.10. The van der Waals surface area contributed by atoms with E-state index in [1.807, 2.05) is 36.4 Å². The summed E-state index contributed by atoms with van der Waals surface area (Å²) in [5, 5.41) is 6.53. The molecule has 4 nitrogen and oxygen atoms in total. The van der Waals surface area contributed by atoms with Gasteiger partial charge >= 0.3 is 0 Å². The maximum absolute atomic E-state index is 12.1. The SMILES string of the molecule is CCCN(C)C(C(=O)NC)C1=CNCC=C(Cl)C=C1. The van der Waals surface area contributed by atoms with Crippen molar-refractivity contribution < 1.29 is 4.79 Å². The number of allylic oxidation sites excluding steroid dienone is 2. The highest BCUT2D eigenvalue weighted by molar-refractivity contribution is 6.31. The number of hydrogen-bond acceptors (Lipinski definition) is 3. The Bertz CT molecular complexity index is 401. The van der Waals surface area contributed by atoms with Gasteiger partial charge in [0.25, 0.3) is 0 Å². The van der Waals surface area contributed by atoms with Gasteiger partial charge in [-0.25, -0.2) is 0 Å². The lowest BCUT2D eigenvalue weighted by Crippen LogP contribution is -2.45. The molecule has 2 N–H and O–H groups in total. The molecule has 1 rings (SSSR count). The molecule has 0 aliphatic carbocycles. The van der Waals surface area contributed by atoms with Gasteiger partial charge in [-0.2, -0.15) is 0 Å². The summed E-state index contributed by atoms with van der Waals surface area (Å²) in [6.07, 6.45) is 8.47. The number of rotatable bonds is 5. The highest BCUT2D eigenvalue weighted by atomic mass is 35.5. The fourth-order valence-electron chi connectivity index (χ4n) is 2.02. The van der Waals surface area contributed by atoms with Crippen LogP contribution in [0, 0.1) is 0 Å². The molecule has 0 fully saturated rings. The van der Waals surface area contributed by atoms with Crippen LogP contribution < -0.4 is 10.6 Å². The Morgan fingerprint density at radius 1 is 1.58 bits per heavy atom. The van der Waals surface area contributed by atoms with E-state index in [1.165, 1.54) is 0 Å². The third kappa shape index (κ3) is 4.73. The maximum Gasteiger partial charge on any atom is 0.241 e. The summed E-state index contributed by atoms with van der Waals surface area (Å²) in [7, 11) is 3.61. The van der Waals surface area contributed by atoms with Crippen molar-refractivity contribution in [2.24, 2.45) is 0 Å². The molecule has 0 aromatic carbocycles. The molecule has 1 amide bonds. The lowest BCUT2D eigenvalue weighted by molar-refractivity contribution is -0.124. The van der Waals surface area contributed by atoms with E-state index in [9.17, 15) is 4.79 Å². The molecule has 0 aromatic heterocycles. The van der Waals surface area contributed by atoms with E-state index in [0.717, 1.165) is 18.5 Å². The molecule has 0 saturated carbocycles. The topological polar surface area (TPSA) is 44.4 Å². The maximum atomic E-state index is 12.1. The summed E-state index contributed by atoms with van der Waals surface area (Å²) < 4.78 is 0. The van der Waals surface area contributed by atoms with Crippen molar-refractivity contribution in [2.75, 3.05) is 27.2 Å². The fourth-order valence-corrected chi connectivity index (χ4v) is 2.16. The summed E-state index contributed by atoms with van der Waals surface area (Å²) in [5.74, 6) is -0.0191. The zero-order valence-electron chi connectivity index (χ0n) is 11.7. The van der Waals surface area contributed by atoms with Crippen LogP contribution in [0.15, 0.2) is 35.0 Å². The zero-order chi connectivity index (χ0) is 14.3. The summed E-state index contributed by atoms with van der Waals surface area (Å²) in [6.45, 7) is 3.61. The van der Waals surface area contributed by atoms with Gasteiger partial charge in [0.1, 0.15) is 6.04 Å². The van der Waals surface area contributed by atoms with Crippen LogP contribution in [-0.4, -0.2) is 44.0 Å². The lowest BCUT2D eigenvalue weighted by atomic mass is 10.0. The number of nitrogens with zero attached hydrogens (tertiary/aromatic N) is 1. The summed E-state index contributed by atoms with van der Waals surface area (Å²) >= 11 is 6.01. The van der Waals surface area contributed by atoms with Crippen molar-refractivity contribution in [1.29, 1.82) is 0 Å². The Labute approximate surface area is 120 Å². The minimum atomic E-state index is -0.309. The molecule has 1 heterocycles. The molecule has 5 heteroatoms. The van der Waals surface area contributed by atoms with Crippen molar-refractivity contribution in [3.8, 4) is 0 Å². The standard InChI is InChI=1S/C14H22ClN3O/c1-4-9-18(3)13(14(19)16-2)11-5-6-12(15)7-8-17-10-11/h5-7,10,13,17H,4,8-9H2,1-3H3,(H,16,19). The van der Waals surface area contributed by atoms with Crippen molar-refractivity contribution in [3.63, 3.8) is 0 Å². The predicted octanol–water partition coefficient (Wildman–Crippen LogP) is 1.61. The van der Waals surface area contributed by atoms with Gasteiger partial charge in [0.15, 0.2) is 0 Å². The summed E-state index contributed by atoms with van der Waals surface area (Å²) in [4.78, 5) is 14.1. The van der Waals surface area contributed by atoms with Crippen LogP contribution in [0.3, 0.4) is 0 Å². The number of hydrogen-bond donors (Lipinski definition) is 2.